The zero-order chi connectivity index (χ0) is 18.8. The largest absolute Gasteiger partial charge is 0.492 e. The van der Waals surface area contributed by atoms with E-state index < -0.39 is 0 Å². The van der Waals surface area contributed by atoms with Gasteiger partial charge in [0.05, 0.1) is 0 Å². The fraction of sp³-hybridized carbons (Fsp3) is 0.381. The van der Waals surface area contributed by atoms with Crippen molar-refractivity contribution in [1.29, 1.82) is 0 Å². The predicted molar refractivity (Wildman–Crippen MR) is 105 cm³/mol. The van der Waals surface area contributed by atoms with Crippen molar-refractivity contribution in [3.05, 3.63) is 65.2 Å². The molecule has 0 aliphatic heterocycles. The zero-order valence-electron chi connectivity index (χ0n) is 15.7. The van der Waals surface area contributed by atoms with Crippen molar-refractivity contribution in [2.45, 2.75) is 26.9 Å². The van der Waals surface area contributed by atoms with Gasteiger partial charge in [-0.15, -0.1) is 0 Å². The van der Waals surface area contributed by atoms with Gasteiger partial charge >= 0.3 is 0 Å². The van der Waals surface area contributed by atoms with Crippen LogP contribution in [-0.2, 0) is 13.1 Å². The maximum atomic E-state index is 12.3. The number of hydrogen-bond acceptors (Lipinski definition) is 4. The first kappa shape index (κ1) is 19.9. The van der Waals surface area contributed by atoms with Gasteiger partial charge in [-0.1, -0.05) is 44.2 Å². The SMILES string of the molecule is CCN(CC)CCOc1ccccc1CNC(=O)c1ccc(CN)cc1. The van der Waals surface area contributed by atoms with Crippen LogP contribution in [0.5, 0.6) is 5.75 Å². The Hall–Kier alpha value is -2.37. The summed E-state index contributed by atoms with van der Waals surface area (Å²) in [6, 6.07) is 15.2. The zero-order valence-corrected chi connectivity index (χ0v) is 15.7. The van der Waals surface area contributed by atoms with Crippen molar-refractivity contribution >= 4 is 5.91 Å². The van der Waals surface area contributed by atoms with Gasteiger partial charge in [-0.3, -0.25) is 4.79 Å². The molecule has 5 heteroatoms. The van der Waals surface area contributed by atoms with Crippen molar-refractivity contribution < 1.29 is 9.53 Å². The van der Waals surface area contributed by atoms with Crippen LogP contribution in [0.1, 0.15) is 35.3 Å². The Morgan fingerprint density at radius 1 is 1.08 bits per heavy atom. The Morgan fingerprint density at radius 3 is 2.42 bits per heavy atom. The molecule has 2 aromatic carbocycles. The molecule has 1 amide bonds. The number of carbonyl (C=O) groups is 1. The van der Waals surface area contributed by atoms with E-state index in [-0.39, 0.29) is 5.91 Å². The predicted octanol–water partition coefficient (Wildman–Crippen LogP) is 2.80. The number of para-hydroxylation sites is 1. The average Bonchev–Trinajstić information content (AvgIpc) is 2.70. The smallest absolute Gasteiger partial charge is 0.251 e. The Labute approximate surface area is 156 Å². The lowest BCUT2D eigenvalue weighted by atomic mass is 10.1. The lowest BCUT2D eigenvalue weighted by molar-refractivity contribution is 0.0950. The number of carbonyl (C=O) groups excluding carboxylic acids is 1. The second kappa shape index (κ2) is 10.6. The standard InChI is InChI=1S/C21H29N3O2/c1-3-24(4-2)13-14-26-20-8-6-5-7-19(20)16-23-21(25)18-11-9-17(15-22)10-12-18/h5-12H,3-4,13-16,22H2,1-2H3,(H,23,25). The molecule has 0 spiro atoms. The first-order valence-corrected chi connectivity index (χ1v) is 9.18. The quantitative estimate of drug-likeness (QED) is 0.688. The monoisotopic (exact) mass is 355 g/mol. The van der Waals surface area contributed by atoms with Crippen LogP contribution >= 0.6 is 0 Å². The van der Waals surface area contributed by atoms with E-state index in [0.717, 1.165) is 36.5 Å². The maximum absolute atomic E-state index is 12.3. The summed E-state index contributed by atoms with van der Waals surface area (Å²) in [7, 11) is 0. The van der Waals surface area contributed by atoms with Crippen LogP contribution in [0, 0.1) is 0 Å². The van der Waals surface area contributed by atoms with Crippen LogP contribution in [0.25, 0.3) is 0 Å². The Morgan fingerprint density at radius 2 is 1.77 bits per heavy atom. The molecule has 3 N–H and O–H groups in total. The van der Waals surface area contributed by atoms with Crippen LogP contribution in [0.2, 0.25) is 0 Å². The van der Waals surface area contributed by atoms with Gasteiger partial charge < -0.3 is 20.7 Å². The van der Waals surface area contributed by atoms with E-state index in [0.29, 0.717) is 25.3 Å². The second-order valence-electron chi connectivity index (χ2n) is 6.07. The van der Waals surface area contributed by atoms with Gasteiger partial charge in [0, 0.05) is 30.8 Å². The number of likely N-dealkylation sites (N-methyl/N-ethyl adjacent to an activating group) is 1. The highest BCUT2D eigenvalue weighted by Crippen LogP contribution is 2.18. The summed E-state index contributed by atoms with van der Waals surface area (Å²) in [4.78, 5) is 14.6. The van der Waals surface area contributed by atoms with Gasteiger partial charge in [-0.25, -0.2) is 0 Å². The molecule has 2 aromatic rings. The van der Waals surface area contributed by atoms with Crippen LogP contribution in [0.15, 0.2) is 48.5 Å². The molecule has 26 heavy (non-hydrogen) atoms. The lowest BCUT2D eigenvalue weighted by Gasteiger charge is -2.19. The van der Waals surface area contributed by atoms with E-state index >= 15 is 0 Å². The third-order valence-electron chi connectivity index (χ3n) is 4.42. The molecule has 0 aliphatic rings. The second-order valence-corrected chi connectivity index (χ2v) is 6.07. The highest BCUT2D eigenvalue weighted by molar-refractivity contribution is 5.94. The van der Waals surface area contributed by atoms with Crippen LogP contribution in [0.3, 0.4) is 0 Å². The van der Waals surface area contributed by atoms with Crippen LogP contribution in [0.4, 0.5) is 0 Å². The normalized spacial score (nSPS) is 10.8. The summed E-state index contributed by atoms with van der Waals surface area (Å²) >= 11 is 0. The van der Waals surface area contributed by atoms with Crippen molar-refractivity contribution in [1.82, 2.24) is 10.2 Å². The van der Waals surface area contributed by atoms with E-state index in [2.05, 4.69) is 24.1 Å². The topological polar surface area (TPSA) is 67.6 Å². The van der Waals surface area contributed by atoms with Gasteiger partial charge in [0.25, 0.3) is 5.91 Å². The third-order valence-corrected chi connectivity index (χ3v) is 4.42. The van der Waals surface area contributed by atoms with Gasteiger partial charge in [0.2, 0.25) is 0 Å². The van der Waals surface area contributed by atoms with Gasteiger partial charge in [-0.2, -0.15) is 0 Å². The molecule has 0 radical (unpaired) electrons. The highest BCUT2D eigenvalue weighted by atomic mass is 16.5. The van der Waals surface area contributed by atoms with Gasteiger partial charge in [-0.05, 0) is 36.9 Å². The number of amides is 1. The molecule has 140 valence electrons. The maximum Gasteiger partial charge on any atom is 0.251 e. The van der Waals surface area contributed by atoms with E-state index in [1.54, 1.807) is 12.1 Å². The number of nitrogens with two attached hydrogens (primary N) is 1. The first-order valence-electron chi connectivity index (χ1n) is 9.18. The van der Waals surface area contributed by atoms with E-state index in [4.69, 9.17) is 10.5 Å². The third kappa shape index (κ3) is 5.86. The average molecular weight is 355 g/mol. The lowest BCUT2D eigenvalue weighted by Crippen LogP contribution is -2.28. The minimum atomic E-state index is -0.105. The summed E-state index contributed by atoms with van der Waals surface area (Å²) in [5.41, 5.74) is 8.19. The van der Waals surface area contributed by atoms with E-state index in [1.807, 2.05) is 36.4 Å². The summed E-state index contributed by atoms with van der Waals surface area (Å²) < 4.78 is 5.93. The van der Waals surface area contributed by atoms with Crippen molar-refractivity contribution in [2.75, 3.05) is 26.2 Å². The molecule has 5 nitrogen and oxygen atoms in total. The molecule has 0 aromatic heterocycles. The molecule has 0 heterocycles. The molecular formula is C21H29N3O2. The van der Waals surface area contributed by atoms with Crippen LogP contribution < -0.4 is 15.8 Å². The Balaban J connectivity index is 1.91. The summed E-state index contributed by atoms with van der Waals surface area (Å²) in [5.74, 6) is 0.713. The van der Waals surface area contributed by atoms with Gasteiger partial charge in [0.1, 0.15) is 12.4 Å². The minimum Gasteiger partial charge on any atom is -0.492 e. The molecule has 2 rings (SSSR count). The number of hydrogen-bond donors (Lipinski definition) is 2. The number of benzene rings is 2. The molecule has 0 fully saturated rings. The molecule has 0 saturated carbocycles. The Kier molecular flexibility index (Phi) is 8.12. The van der Waals surface area contributed by atoms with Crippen molar-refractivity contribution in [3.63, 3.8) is 0 Å². The summed E-state index contributed by atoms with van der Waals surface area (Å²) in [6.07, 6.45) is 0. The first-order chi connectivity index (χ1) is 12.7. The molecule has 0 saturated heterocycles. The van der Waals surface area contributed by atoms with Crippen LogP contribution in [-0.4, -0.2) is 37.0 Å². The molecule has 0 bridgehead atoms. The fourth-order valence-corrected chi connectivity index (χ4v) is 2.68. The number of rotatable bonds is 10. The summed E-state index contributed by atoms with van der Waals surface area (Å²) in [5, 5.41) is 2.95. The van der Waals surface area contributed by atoms with Crippen molar-refractivity contribution in [3.8, 4) is 5.75 Å². The summed E-state index contributed by atoms with van der Waals surface area (Å²) in [6.45, 7) is 8.74. The van der Waals surface area contributed by atoms with Gasteiger partial charge in [0.15, 0.2) is 0 Å². The minimum absolute atomic E-state index is 0.105. The number of nitrogens with zero attached hydrogens (tertiary/aromatic N) is 1. The van der Waals surface area contributed by atoms with E-state index in [1.165, 1.54) is 0 Å². The Bertz CT molecular complexity index is 682. The molecule has 0 unspecified atom stereocenters. The van der Waals surface area contributed by atoms with Crippen molar-refractivity contribution in [2.24, 2.45) is 5.73 Å². The number of nitrogens with one attached hydrogen (secondary N) is 1. The molecule has 0 aliphatic carbocycles. The fourth-order valence-electron chi connectivity index (χ4n) is 2.68. The van der Waals surface area contributed by atoms with E-state index in [9.17, 15) is 4.79 Å². The number of ether oxygens (including phenoxy) is 1. The highest BCUT2D eigenvalue weighted by Gasteiger charge is 2.08. The molecule has 0 atom stereocenters. The molecular weight excluding hydrogens is 326 g/mol.